The fraction of sp³-hybridized carbons (Fsp3) is 0.409. The molecule has 2 heterocycles. The minimum atomic E-state index is -0.281. The topological polar surface area (TPSA) is 47.7 Å². The zero-order chi connectivity index (χ0) is 19.3. The van der Waals surface area contributed by atoms with Crippen LogP contribution in [0.25, 0.3) is 10.9 Å². The van der Waals surface area contributed by atoms with Crippen molar-refractivity contribution in [1.82, 2.24) is 10.1 Å². The first-order valence-corrected chi connectivity index (χ1v) is 9.68. The van der Waals surface area contributed by atoms with E-state index in [1.165, 1.54) is 12.1 Å². The van der Waals surface area contributed by atoms with Gasteiger partial charge in [-0.1, -0.05) is 5.16 Å². The van der Waals surface area contributed by atoms with E-state index in [0.29, 0.717) is 23.8 Å². The quantitative estimate of drug-likeness (QED) is 0.565. The van der Waals surface area contributed by atoms with E-state index >= 15 is 0 Å². The molecular weight excluding hydrogens is 359 g/mol. The van der Waals surface area contributed by atoms with Crippen molar-refractivity contribution in [2.45, 2.75) is 25.2 Å². The van der Waals surface area contributed by atoms with E-state index in [1.807, 2.05) is 12.1 Å². The van der Waals surface area contributed by atoms with E-state index in [2.05, 4.69) is 16.1 Å². The summed E-state index contributed by atoms with van der Waals surface area (Å²) >= 11 is 0. The first kappa shape index (κ1) is 18.7. The Kier molecular flexibility index (Phi) is 5.76. The number of aromatic nitrogens is 1. The number of hydrogen-bond acceptors (Lipinski definition) is 5. The predicted octanol–water partition coefficient (Wildman–Crippen LogP) is 4.42. The molecule has 1 fully saturated rings. The zero-order valence-electron chi connectivity index (χ0n) is 16.0. The van der Waals surface area contributed by atoms with E-state index in [0.717, 1.165) is 55.8 Å². The third kappa shape index (κ3) is 4.28. The molecule has 3 aromatic rings. The minimum Gasteiger partial charge on any atom is -0.496 e. The van der Waals surface area contributed by atoms with Gasteiger partial charge in [-0.05, 0) is 56.6 Å². The SMILES string of the molecule is COc1[c]ccc(OCCCN2CCC(c3onc4cc(F)ccc34)CC2)c1. The molecule has 0 amide bonds. The molecule has 4 rings (SSSR count). The van der Waals surface area contributed by atoms with Gasteiger partial charge >= 0.3 is 0 Å². The number of rotatable bonds is 7. The summed E-state index contributed by atoms with van der Waals surface area (Å²) in [5.74, 6) is 2.45. The molecule has 0 aliphatic carbocycles. The van der Waals surface area contributed by atoms with Gasteiger partial charge in [0.1, 0.15) is 28.6 Å². The van der Waals surface area contributed by atoms with Crippen LogP contribution in [0.3, 0.4) is 0 Å². The predicted molar refractivity (Wildman–Crippen MR) is 104 cm³/mol. The summed E-state index contributed by atoms with van der Waals surface area (Å²) in [6, 6.07) is 13.2. The number of piperidine rings is 1. The Bertz CT molecular complexity index is 919. The third-order valence-electron chi connectivity index (χ3n) is 5.28. The van der Waals surface area contributed by atoms with Gasteiger partial charge in [-0.3, -0.25) is 0 Å². The number of nitrogens with zero attached hydrogens (tertiary/aromatic N) is 2. The number of benzene rings is 2. The van der Waals surface area contributed by atoms with Crippen LogP contribution in [0.1, 0.15) is 30.9 Å². The normalized spacial score (nSPS) is 15.8. The summed E-state index contributed by atoms with van der Waals surface area (Å²) in [5, 5.41) is 4.95. The molecule has 6 heteroatoms. The molecule has 1 saturated heterocycles. The van der Waals surface area contributed by atoms with E-state index in [1.54, 1.807) is 19.2 Å². The number of methoxy groups -OCH3 is 1. The average Bonchev–Trinajstić information content (AvgIpc) is 3.15. The van der Waals surface area contributed by atoms with Gasteiger partial charge in [0, 0.05) is 36.0 Å². The van der Waals surface area contributed by atoms with Crippen LogP contribution in [0.4, 0.5) is 4.39 Å². The first-order chi connectivity index (χ1) is 13.7. The number of halogens is 1. The average molecular weight is 383 g/mol. The summed E-state index contributed by atoms with van der Waals surface area (Å²) in [6.07, 6.45) is 3.01. The molecular formula is C22H24FN2O3. The summed E-state index contributed by atoms with van der Waals surface area (Å²) in [7, 11) is 1.62. The second-order valence-electron chi connectivity index (χ2n) is 7.12. The molecule has 5 nitrogen and oxygen atoms in total. The third-order valence-corrected chi connectivity index (χ3v) is 5.28. The molecule has 2 aromatic carbocycles. The van der Waals surface area contributed by atoms with Crippen LogP contribution in [-0.2, 0) is 0 Å². The Labute approximate surface area is 164 Å². The van der Waals surface area contributed by atoms with E-state index in [4.69, 9.17) is 14.0 Å². The van der Waals surface area contributed by atoms with Crippen molar-refractivity contribution in [1.29, 1.82) is 0 Å². The molecule has 1 radical (unpaired) electrons. The molecule has 0 bridgehead atoms. The monoisotopic (exact) mass is 383 g/mol. The largest absolute Gasteiger partial charge is 0.496 e. The van der Waals surface area contributed by atoms with Crippen LogP contribution in [0.15, 0.2) is 40.9 Å². The van der Waals surface area contributed by atoms with Crippen LogP contribution >= 0.6 is 0 Å². The van der Waals surface area contributed by atoms with Crippen molar-refractivity contribution in [2.75, 3.05) is 33.4 Å². The van der Waals surface area contributed by atoms with Crippen molar-refractivity contribution in [2.24, 2.45) is 0 Å². The molecule has 1 aliphatic heterocycles. The molecule has 0 N–H and O–H groups in total. The maximum Gasteiger partial charge on any atom is 0.147 e. The molecule has 0 saturated carbocycles. The molecule has 1 aromatic heterocycles. The lowest BCUT2D eigenvalue weighted by Gasteiger charge is -2.30. The van der Waals surface area contributed by atoms with Gasteiger partial charge in [-0.2, -0.15) is 0 Å². The Balaban J connectivity index is 1.23. The van der Waals surface area contributed by atoms with Gasteiger partial charge < -0.3 is 18.9 Å². The van der Waals surface area contributed by atoms with E-state index < -0.39 is 0 Å². The Morgan fingerprint density at radius 2 is 2.11 bits per heavy atom. The van der Waals surface area contributed by atoms with Crippen LogP contribution in [0.5, 0.6) is 11.5 Å². The minimum absolute atomic E-state index is 0.281. The summed E-state index contributed by atoms with van der Waals surface area (Å²) in [5.41, 5.74) is 0.602. The van der Waals surface area contributed by atoms with Crippen LogP contribution in [0.2, 0.25) is 0 Å². The van der Waals surface area contributed by atoms with Crippen molar-refractivity contribution in [3.05, 3.63) is 54.0 Å². The van der Waals surface area contributed by atoms with E-state index in [-0.39, 0.29) is 5.82 Å². The number of hydrogen-bond donors (Lipinski definition) is 0. The Hall–Kier alpha value is -2.60. The highest BCUT2D eigenvalue weighted by Crippen LogP contribution is 2.33. The summed E-state index contributed by atoms with van der Waals surface area (Å²) in [4.78, 5) is 2.46. The lowest BCUT2D eigenvalue weighted by atomic mass is 9.92. The number of likely N-dealkylation sites (tertiary alicyclic amines) is 1. The molecule has 28 heavy (non-hydrogen) atoms. The molecule has 147 valence electrons. The second-order valence-corrected chi connectivity index (χ2v) is 7.12. The van der Waals surface area contributed by atoms with Crippen molar-refractivity contribution < 1.29 is 18.4 Å². The fourth-order valence-electron chi connectivity index (χ4n) is 3.76. The summed E-state index contributed by atoms with van der Waals surface area (Å²) < 4.78 is 29.8. The highest BCUT2D eigenvalue weighted by molar-refractivity contribution is 5.80. The maximum absolute atomic E-state index is 13.3. The lowest BCUT2D eigenvalue weighted by molar-refractivity contribution is 0.182. The highest BCUT2D eigenvalue weighted by Gasteiger charge is 2.25. The molecule has 0 atom stereocenters. The summed E-state index contributed by atoms with van der Waals surface area (Å²) in [6.45, 7) is 3.71. The smallest absolute Gasteiger partial charge is 0.147 e. The molecule has 0 spiro atoms. The van der Waals surface area contributed by atoms with E-state index in [9.17, 15) is 4.39 Å². The molecule has 1 aliphatic rings. The maximum atomic E-state index is 13.3. The number of ether oxygens (including phenoxy) is 2. The Morgan fingerprint density at radius 1 is 1.25 bits per heavy atom. The fourth-order valence-corrected chi connectivity index (χ4v) is 3.76. The van der Waals surface area contributed by atoms with Crippen LogP contribution in [0, 0.1) is 11.9 Å². The Morgan fingerprint density at radius 3 is 2.93 bits per heavy atom. The van der Waals surface area contributed by atoms with Crippen LogP contribution in [-0.4, -0.2) is 43.4 Å². The van der Waals surface area contributed by atoms with Crippen molar-refractivity contribution in [3.63, 3.8) is 0 Å². The molecule has 0 unspecified atom stereocenters. The highest BCUT2D eigenvalue weighted by atomic mass is 19.1. The number of fused-ring (bicyclic) bond motifs is 1. The van der Waals surface area contributed by atoms with Gasteiger partial charge in [0.15, 0.2) is 0 Å². The van der Waals surface area contributed by atoms with Crippen molar-refractivity contribution >= 4 is 10.9 Å². The second kappa shape index (κ2) is 8.61. The standard InChI is InChI=1S/C22H24FN2O3/c1-26-18-4-2-5-19(15-18)27-13-3-10-25-11-8-16(9-12-25)22-20-7-6-17(23)14-21(20)24-28-22/h2,5-7,14-16H,3,8-13H2,1H3. The van der Waals surface area contributed by atoms with Gasteiger partial charge in [-0.25, -0.2) is 4.39 Å². The van der Waals surface area contributed by atoms with Crippen LogP contribution < -0.4 is 9.47 Å². The first-order valence-electron chi connectivity index (χ1n) is 9.68. The lowest BCUT2D eigenvalue weighted by Crippen LogP contribution is -2.34. The van der Waals surface area contributed by atoms with Crippen molar-refractivity contribution in [3.8, 4) is 11.5 Å². The van der Waals surface area contributed by atoms with Gasteiger partial charge in [0.05, 0.1) is 13.7 Å². The van der Waals surface area contributed by atoms with Gasteiger partial charge in [0.2, 0.25) is 0 Å². The van der Waals surface area contributed by atoms with Gasteiger partial charge in [0.25, 0.3) is 0 Å². The van der Waals surface area contributed by atoms with Gasteiger partial charge in [-0.15, -0.1) is 0 Å². The zero-order valence-corrected chi connectivity index (χ0v) is 16.0.